The average molecular weight is 367 g/mol. The van der Waals surface area contributed by atoms with Gasteiger partial charge < -0.3 is 24.1 Å². The lowest BCUT2D eigenvalue weighted by atomic mass is 10.2. The zero-order chi connectivity index (χ0) is 18.2. The molecule has 0 aliphatic carbocycles. The van der Waals surface area contributed by atoms with Crippen LogP contribution in [0.1, 0.15) is 17.3 Å². The molecule has 2 aromatic carbocycles. The SMILES string of the molecule is CCOc1cc(C(=O)O)cc(Cl)c1OCCOc1ccc(OC)cc1. The lowest BCUT2D eigenvalue weighted by Crippen LogP contribution is -2.10. The predicted octanol–water partition coefficient (Wildman–Crippen LogP) is 3.90. The Morgan fingerprint density at radius 2 is 1.68 bits per heavy atom. The molecular weight excluding hydrogens is 348 g/mol. The summed E-state index contributed by atoms with van der Waals surface area (Å²) in [5.41, 5.74) is 0.0373. The van der Waals surface area contributed by atoms with Crippen molar-refractivity contribution in [1.82, 2.24) is 0 Å². The Kier molecular flexibility index (Phi) is 6.77. The van der Waals surface area contributed by atoms with E-state index in [1.807, 2.05) is 0 Å². The minimum absolute atomic E-state index is 0.0373. The molecule has 0 saturated carbocycles. The van der Waals surface area contributed by atoms with E-state index in [0.717, 1.165) is 5.75 Å². The standard InChI is InChI=1S/C18H19ClO6/c1-3-23-16-11-12(18(20)21)10-15(19)17(16)25-9-8-24-14-6-4-13(22-2)5-7-14/h4-7,10-11H,3,8-9H2,1-2H3,(H,20,21). The third-order valence-electron chi connectivity index (χ3n) is 3.21. The van der Waals surface area contributed by atoms with Gasteiger partial charge in [-0.25, -0.2) is 4.79 Å². The normalized spacial score (nSPS) is 10.2. The van der Waals surface area contributed by atoms with Crippen molar-refractivity contribution in [2.75, 3.05) is 26.9 Å². The molecule has 0 aliphatic heterocycles. The lowest BCUT2D eigenvalue weighted by Gasteiger charge is -2.14. The summed E-state index contributed by atoms with van der Waals surface area (Å²) in [5.74, 6) is 0.929. The van der Waals surface area contributed by atoms with E-state index in [-0.39, 0.29) is 29.5 Å². The molecule has 0 atom stereocenters. The van der Waals surface area contributed by atoms with Crippen LogP contribution in [-0.2, 0) is 0 Å². The van der Waals surface area contributed by atoms with Crippen molar-refractivity contribution in [3.05, 3.63) is 47.0 Å². The number of rotatable bonds is 9. The van der Waals surface area contributed by atoms with Crippen LogP contribution in [0.2, 0.25) is 5.02 Å². The maximum absolute atomic E-state index is 11.1. The molecule has 0 saturated heterocycles. The third kappa shape index (κ3) is 5.19. The Labute approximate surface area is 150 Å². The van der Waals surface area contributed by atoms with Crippen molar-refractivity contribution in [3.63, 3.8) is 0 Å². The first kappa shape index (κ1) is 18.7. The van der Waals surface area contributed by atoms with Crippen molar-refractivity contribution in [3.8, 4) is 23.0 Å². The molecule has 0 heterocycles. The Morgan fingerprint density at radius 1 is 1.04 bits per heavy atom. The molecule has 134 valence electrons. The fraction of sp³-hybridized carbons (Fsp3) is 0.278. The van der Waals surface area contributed by atoms with Crippen molar-refractivity contribution in [1.29, 1.82) is 0 Å². The first-order chi connectivity index (χ1) is 12.0. The van der Waals surface area contributed by atoms with Gasteiger partial charge in [0.1, 0.15) is 24.7 Å². The summed E-state index contributed by atoms with van der Waals surface area (Å²) in [6.45, 7) is 2.66. The number of carbonyl (C=O) groups is 1. The number of methoxy groups -OCH3 is 1. The number of halogens is 1. The molecule has 7 heteroatoms. The van der Waals surface area contributed by atoms with Crippen LogP contribution in [0.25, 0.3) is 0 Å². The predicted molar refractivity (Wildman–Crippen MR) is 93.6 cm³/mol. The highest BCUT2D eigenvalue weighted by Gasteiger charge is 2.15. The van der Waals surface area contributed by atoms with Crippen LogP contribution in [0.15, 0.2) is 36.4 Å². The largest absolute Gasteiger partial charge is 0.497 e. The zero-order valence-electron chi connectivity index (χ0n) is 14.0. The second-order valence-corrected chi connectivity index (χ2v) is 5.30. The number of hydrogen-bond acceptors (Lipinski definition) is 5. The van der Waals surface area contributed by atoms with E-state index in [1.54, 1.807) is 38.3 Å². The maximum atomic E-state index is 11.1. The molecule has 2 aromatic rings. The summed E-state index contributed by atoms with van der Waals surface area (Å²) in [5, 5.41) is 9.26. The molecule has 0 unspecified atom stereocenters. The number of hydrogen-bond donors (Lipinski definition) is 1. The topological polar surface area (TPSA) is 74.2 Å². The summed E-state index contributed by atoms with van der Waals surface area (Å²) < 4.78 is 21.7. The smallest absolute Gasteiger partial charge is 0.335 e. The van der Waals surface area contributed by atoms with Gasteiger partial charge in [-0.05, 0) is 43.3 Å². The van der Waals surface area contributed by atoms with Crippen LogP contribution in [-0.4, -0.2) is 38.0 Å². The van der Waals surface area contributed by atoms with E-state index in [9.17, 15) is 4.79 Å². The number of ether oxygens (including phenoxy) is 4. The second kappa shape index (κ2) is 9.03. The number of benzene rings is 2. The highest BCUT2D eigenvalue weighted by molar-refractivity contribution is 6.32. The average Bonchev–Trinajstić information content (AvgIpc) is 2.60. The summed E-state index contributed by atoms with van der Waals surface area (Å²) in [7, 11) is 1.60. The number of carboxylic acid groups (broad SMARTS) is 1. The molecule has 0 radical (unpaired) electrons. The van der Waals surface area contributed by atoms with Crippen LogP contribution < -0.4 is 18.9 Å². The van der Waals surface area contributed by atoms with Gasteiger partial charge in [0.25, 0.3) is 0 Å². The highest BCUT2D eigenvalue weighted by Crippen LogP contribution is 2.36. The molecule has 0 bridgehead atoms. The molecule has 0 aliphatic rings. The Hall–Kier alpha value is -2.60. The van der Waals surface area contributed by atoms with Gasteiger partial charge in [-0.1, -0.05) is 11.6 Å². The van der Waals surface area contributed by atoms with Crippen LogP contribution in [0.4, 0.5) is 0 Å². The van der Waals surface area contributed by atoms with Crippen LogP contribution >= 0.6 is 11.6 Å². The van der Waals surface area contributed by atoms with Gasteiger partial charge in [0, 0.05) is 0 Å². The third-order valence-corrected chi connectivity index (χ3v) is 3.49. The van der Waals surface area contributed by atoms with Crippen LogP contribution in [0, 0.1) is 0 Å². The maximum Gasteiger partial charge on any atom is 0.335 e. The molecule has 0 amide bonds. The quantitative estimate of drug-likeness (QED) is 0.678. The van der Waals surface area contributed by atoms with Crippen molar-refractivity contribution in [2.24, 2.45) is 0 Å². The summed E-state index contributed by atoms with van der Waals surface area (Å²) >= 11 is 6.12. The minimum atomic E-state index is -1.09. The van der Waals surface area contributed by atoms with E-state index in [2.05, 4.69) is 0 Å². The van der Waals surface area contributed by atoms with Gasteiger partial charge in [0.15, 0.2) is 11.5 Å². The molecule has 25 heavy (non-hydrogen) atoms. The van der Waals surface area contributed by atoms with Gasteiger partial charge in [0.05, 0.1) is 24.3 Å². The summed E-state index contributed by atoms with van der Waals surface area (Å²) in [6.07, 6.45) is 0. The van der Waals surface area contributed by atoms with Gasteiger partial charge in [-0.15, -0.1) is 0 Å². The Morgan fingerprint density at radius 3 is 2.28 bits per heavy atom. The number of aromatic carboxylic acids is 1. The zero-order valence-corrected chi connectivity index (χ0v) is 14.7. The second-order valence-electron chi connectivity index (χ2n) is 4.90. The first-order valence-corrected chi connectivity index (χ1v) is 8.02. The molecule has 6 nitrogen and oxygen atoms in total. The van der Waals surface area contributed by atoms with Crippen LogP contribution in [0.5, 0.6) is 23.0 Å². The highest BCUT2D eigenvalue weighted by atomic mass is 35.5. The van der Waals surface area contributed by atoms with Crippen LogP contribution in [0.3, 0.4) is 0 Å². The van der Waals surface area contributed by atoms with Crippen molar-refractivity contribution >= 4 is 17.6 Å². The monoisotopic (exact) mass is 366 g/mol. The molecule has 0 fully saturated rings. The van der Waals surface area contributed by atoms with Gasteiger partial charge >= 0.3 is 5.97 Å². The van der Waals surface area contributed by atoms with E-state index in [0.29, 0.717) is 18.1 Å². The fourth-order valence-electron chi connectivity index (χ4n) is 2.07. The minimum Gasteiger partial charge on any atom is -0.497 e. The van der Waals surface area contributed by atoms with Crippen molar-refractivity contribution < 1.29 is 28.8 Å². The molecule has 0 spiro atoms. The summed E-state index contributed by atoms with van der Waals surface area (Å²) in [6, 6.07) is 9.89. The Bertz CT molecular complexity index is 714. The van der Waals surface area contributed by atoms with Crippen molar-refractivity contribution in [2.45, 2.75) is 6.92 Å². The Balaban J connectivity index is 1.98. The van der Waals surface area contributed by atoms with Gasteiger partial charge in [-0.3, -0.25) is 0 Å². The van der Waals surface area contributed by atoms with E-state index in [1.165, 1.54) is 12.1 Å². The van der Waals surface area contributed by atoms with Gasteiger partial charge in [-0.2, -0.15) is 0 Å². The van der Waals surface area contributed by atoms with E-state index >= 15 is 0 Å². The molecule has 2 rings (SSSR count). The van der Waals surface area contributed by atoms with Gasteiger partial charge in [0.2, 0.25) is 0 Å². The molecular formula is C18H19ClO6. The fourth-order valence-corrected chi connectivity index (χ4v) is 2.33. The summed E-state index contributed by atoms with van der Waals surface area (Å²) in [4.78, 5) is 11.1. The van der Waals surface area contributed by atoms with E-state index in [4.69, 9.17) is 35.7 Å². The molecule has 1 N–H and O–H groups in total. The lowest BCUT2D eigenvalue weighted by molar-refractivity contribution is 0.0696. The van der Waals surface area contributed by atoms with E-state index < -0.39 is 5.97 Å². The first-order valence-electron chi connectivity index (χ1n) is 7.64. The number of carboxylic acids is 1. The molecule has 0 aromatic heterocycles.